The molecule has 0 aliphatic heterocycles. The number of phenolic OH excluding ortho intramolecular Hbond substituents is 1. The number of fused-ring (bicyclic) bond motifs is 1. The fraction of sp³-hybridized carbons (Fsp3) is 0.143. The van der Waals surface area contributed by atoms with Crippen LogP contribution in [0.4, 0.5) is 21.2 Å². The van der Waals surface area contributed by atoms with Gasteiger partial charge in [-0.05, 0) is 36.7 Å². The minimum Gasteiger partial charge on any atom is -0.506 e. The molecule has 0 bridgehead atoms. The van der Waals surface area contributed by atoms with Gasteiger partial charge in [0.05, 0.1) is 16.8 Å². The van der Waals surface area contributed by atoms with Crippen LogP contribution in [0.2, 0.25) is 0 Å². The summed E-state index contributed by atoms with van der Waals surface area (Å²) in [4.78, 5) is 19.7. The molecule has 1 aromatic carbocycles. The lowest BCUT2D eigenvalue weighted by Gasteiger charge is -2.06. The van der Waals surface area contributed by atoms with E-state index in [0.29, 0.717) is 22.2 Å². The molecule has 24 heavy (non-hydrogen) atoms. The molecule has 10 heteroatoms. The van der Waals surface area contributed by atoms with Gasteiger partial charge < -0.3 is 15.7 Å². The molecule has 2 aromatic heterocycles. The van der Waals surface area contributed by atoms with Crippen molar-refractivity contribution < 1.29 is 9.90 Å². The van der Waals surface area contributed by atoms with Crippen molar-refractivity contribution in [2.75, 3.05) is 12.4 Å². The predicted molar refractivity (Wildman–Crippen MR) is 90.3 cm³/mol. The molecule has 0 fully saturated rings. The molecule has 2 heterocycles. The maximum atomic E-state index is 11.4. The molecular formula is C14H13N7O2S. The molecule has 0 unspecified atom stereocenters. The van der Waals surface area contributed by atoms with Gasteiger partial charge in [0.1, 0.15) is 11.6 Å². The van der Waals surface area contributed by atoms with Gasteiger partial charge in [0.25, 0.3) is 0 Å². The van der Waals surface area contributed by atoms with Crippen molar-refractivity contribution in [1.29, 1.82) is 0 Å². The summed E-state index contributed by atoms with van der Waals surface area (Å²) in [6.07, 6.45) is 1.66. The second-order valence-corrected chi connectivity index (χ2v) is 5.50. The predicted octanol–water partition coefficient (Wildman–Crippen LogP) is 3.27. The van der Waals surface area contributed by atoms with E-state index < -0.39 is 6.03 Å². The second-order valence-electron chi connectivity index (χ2n) is 4.75. The lowest BCUT2D eigenvalue weighted by atomic mass is 10.2. The lowest BCUT2D eigenvalue weighted by Crippen LogP contribution is -2.24. The van der Waals surface area contributed by atoms with E-state index in [1.54, 1.807) is 19.2 Å². The van der Waals surface area contributed by atoms with Crippen molar-refractivity contribution in [2.45, 2.75) is 6.92 Å². The van der Waals surface area contributed by atoms with Crippen molar-refractivity contribution in [1.82, 2.24) is 19.7 Å². The number of phenols is 1. The van der Waals surface area contributed by atoms with Gasteiger partial charge in [0.2, 0.25) is 0 Å². The van der Waals surface area contributed by atoms with Gasteiger partial charge in [-0.3, -0.25) is 0 Å². The van der Waals surface area contributed by atoms with Gasteiger partial charge in [-0.2, -0.15) is 4.37 Å². The maximum Gasteiger partial charge on any atom is 0.319 e. The maximum absolute atomic E-state index is 11.4. The third-order valence-electron chi connectivity index (χ3n) is 3.05. The first-order valence-corrected chi connectivity index (χ1v) is 7.66. The number of hydrogen-bond donors (Lipinski definition) is 3. The van der Waals surface area contributed by atoms with E-state index in [4.69, 9.17) is 0 Å². The average Bonchev–Trinajstić information content (AvgIpc) is 2.97. The minimum absolute atomic E-state index is 0.0651. The van der Waals surface area contributed by atoms with Crippen LogP contribution in [-0.4, -0.2) is 32.5 Å². The second kappa shape index (κ2) is 6.54. The van der Waals surface area contributed by atoms with Gasteiger partial charge in [-0.25, -0.2) is 14.8 Å². The van der Waals surface area contributed by atoms with Crippen LogP contribution in [0.15, 0.2) is 34.6 Å². The Hall–Kier alpha value is -3.14. The molecule has 0 saturated carbocycles. The van der Waals surface area contributed by atoms with Crippen molar-refractivity contribution in [3.8, 4) is 5.75 Å². The van der Waals surface area contributed by atoms with E-state index in [0.717, 1.165) is 5.39 Å². The van der Waals surface area contributed by atoms with Crippen LogP contribution in [0.3, 0.4) is 0 Å². The number of benzene rings is 1. The monoisotopic (exact) mass is 343 g/mol. The van der Waals surface area contributed by atoms with Crippen molar-refractivity contribution >= 4 is 45.0 Å². The molecule has 0 aliphatic carbocycles. The number of nitrogens with zero attached hydrogens (tertiary/aromatic N) is 5. The number of anilines is 1. The standard InChI is InChI=1S/C14H13N7O2S/c1-7-16-6-9-12(17-7)21-24-13(9)20-19-8-3-4-11(22)10(5-8)18-14(23)15-2/h3-6,22H,1-2H3,(H2,15,18,23)/b20-19+. The van der Waals surface area contributed by atoms with Crippen LogP contribution in [0.25, 0.3) is 11.0 Å². The lowest BCUT2D eigenvalue weighted by molar-refractivity contribution is 0.254. The normalized spacial score (nSPS) is 11.1. The van der Waals surface area contributed by atoms with Crippen LogP contribution >= 0.6 is 11.5 Å². The number of carbonyl (C=O) groups is 1. The Balaban J connectivity index is 1.88. The summed E-state index contributed by atoms with van der Waals surface area (Å²) in [6, 6.07) is 4.08. The highest BCUT2D eigenvalue weighted by molar-refractivity contribution is 7.11. The Kier molecular flexibility index (Phi) is 4.29. The van der Waals surface area contributed by atoms with E-state index in [2.05, 4.69) is 35.2 Å². The smallest absolute Gasteiger partial charge is 0.319 e. The Bertz CT molecular complexity index is 938. The summed E-state index contributed by atoms with van der Waals surface area (Å²) in [5.74, 6) is 0.574. The first kappa shape index (κ1) is 15.7. The third kappa shape index (κ3) is 3.27. The Morgan fingerprint density at radius 3 is 2.96 bits per heavy atom. The van der Waals surface area contributed by atoms with Gasteiger partial charge in [0.15, 0.2) is 10.6 Å². The molecule has 2 amide bonds. The molecule has 3 aromatic rings. The highest BCUT2D eigenvalue weighted by atomic mass is 32.1. The molecular weight excluding hydrogens is 330 g/mol. The summed E-state index contributed by atoms with van der Waals surface area (Å²) >= 11 is 1.17. The van der Waals surface area contributed by atoms with E-state index in [1.807, 2.05) is 0 Å². The van der Waals surface area contributed by atoms with Crippen LogP contribution in [0, 0.1) is 6.92 Å². The zero-order valence-electron chi connectivity index (χ0n) is 12.8. The number of rotatable bonds is 3. The zero-order valence-corrected chi connectivity index (χ0v) is 13.6. The number of hydrogen-bond acceptors (Lipinski definition) is 8. The molecule has 0 saturated heterocycles. The highest BCUT2D eigenvalue weighted by Gasteiger charge is 2.08. The van der Waals surface area contributed by atoms with Crippen molar-refractivity contribution in [3.63, 3.8) is 0 Å². The molecule has 9 nitrogen and oxygen atoms in total. The SMILES string of the molecule is CNC(=O)Nc1cc(/N=N/c2snc3nc(C)ncc23)ccc1O. The number of nitrogens with one attached hydrogen (secondary N) is 2. The number of aromatic hydroxyl groups is 1. The number of amides is 2. The summed E-state index contributed by atoms with van der Waals surface area (Å²) < 4.78 is 4.21. The van der Waals surface area contributed by atoms with E-state index >= 15 is 0 Å². The number of aromatic nitrogens is 3. The largest absolute Gasteiger partial charge is 0.506 e. The van der Waals surface area contributed by atoms with Crippen molar-refractivity contribution in [3.05, 3.63) is 30.2 Å². The molecule has 0 spiro atoms. The Labute approximate surface area is 140 Å². The zero-order chi connectivity index (χ0) is 17.1. The van der Waals surface area contributed by atoms with E-state index in [-0.39, 0.29) is 11.4 Å². The van der Waals surface area contributed by atoms with E-state index in [9.17, 15) is 9.90 Å². The molecule has 0 atom stereocenters. The summed E-state index contributed by atoms with van der Waals surface area (Å²) in [6.45, 7) is 1.79. The minimum atomic E-state index is -0.444. The van der Waals surface area contributed by atoms with Gasteiger partial charge in [-0.15, -0.1) is 10.2 Å². The third-order valence-corrected chi connectivity index (χ3v) is 3.79. The van der Waals surface area contributed by atoms with Crippen molar-refractivity contribution in [2.24, 2.45) is 10.2 Å². The molecule has 0 aliphatic rings. The number of carbonyl (C=O) groups excluding carboxylic acids is 1. The number of azo groups is 1. The topological polar surface area (TPSA) is 125 Å². The summed E-state index contributed by atoms with van der Waals surface area (Å²) in [5.41, 5.74) is 1.28. The Morgan fingerprint density at radius 1 is 1.33 bits per heavy atom. The van der Waals surface area contributed by atoms with Crippen LogP contribution < -0.4 is 10.6 Å². The molecule has 122 valence electrons. The fourth-order valence-corrected chi connectivity index (χ4v) is 2.49. The van der Waals surface area contributed by atoms with Gasteiger partial charge in [-0.1, -0.05) is 0 Å². The van der Waals surface area contributed by atoms with Crippen LogP contribution in [0.5, 0.6) is 5.75 Å². The fourth-order valence-electron chi connectivity index (χ4n) is 1.86. The Morgan fingerprint density at radius 2 is 2.17 bits per heavy atom. The van der Waals surface area contributed by atoms with Gasteiger partial charge in [0, 0.05) is 13.2 Å². The summed E-state index contributed by atoms with van der Waals surface area (Å²) in [5, 5.41) is 24.2. The highest BCUT2D eigenvalue weighted by Crippen LogP contribution is 2.32. The molecule has 0 radical (unpaired) electrons. The summed E-state index contributed by atoms with van der Waals surface area (Å²) in [7, 11) is 1.48. The molecule has 3 rings (SSSR count). The number of urea groups is 1. The molecule has 3 N–H and O–H groups in total. The van der Waals surface area contributed by atoms with Crippen LogP contribution in [-0.2, 0) is 0 Å². The average molecular weight is 343 g/mol. The quantitative estimate of drug-likeness (QED) is 0.497. The first-order chi connectivity index (χ1) is 11.6. The van der Waals surface area contributed by atoms with E-state index in [1.165, 1.54) is 30.7 Å². The van der Waals surface area contributed by atoms with Crippen LogP contribution in [0.1, 0.15) is 5.82 Å². The first-order valence-electron chi connectivity index (χ1n) is 6.89. The van der Waals surface area contributed by atoms with Gasteiger partial charge >= 0.3 is 6.03 Å². The number of aryl methyl sites for hydroxylation is 1.